The molecule has 3 rings (SSSR count). The van der Waals surface area contributed by atoms with Gasteiger partial charge in [0.15, 0.2) is 11.8 Å². The summed E-state index contributed by atoms with van der Waals surface area (Å²) in [4.78, 5) is 4.65. The van der Waals surface area contributed by atoms with Gasteiger partial charge in [-0.1, -0.05) is 0 Å². The van der Waals surface area contributed by atoms with Crippen LogP contribution in [0.15, 0.2) is 35.6 Å². The third-order valence-corrected chi connectivity index (χ3v) is 4.48. The second kappa shape index (κ2) is 10.8. The number of benzene rings is 1. The molecular formula is C21H32N6O2. The predicted octanol–water partition coefficient (Wildman–Crippen LogP) is 2.98. The third kappa shape index (κ3) is 7.73. The summed E-state index contributed by atoms with van der Waals surface area (Å²) in [5.74, 6) is 3.16. The molecule has 0 unspecified atom stereocenters. The summed E-state index contributed by atoms with van der Waals surface area (Å²) in [6, 6.07) is 7.87. The minimum atomic E-state index is 0.154. The maximum Gasteiger partial charge on any atom is 0.196 e. The van der Waals surface area contributed by atoms with Crippen LogP contribution in [-0.2, 0) is 18.3 Å². The van der Waals surface area contributed by atoms with Crippen LogP contribution in [0.4, 0.5) is 5.69 Å². The lowest BCUT2D eigenvalue weighted by Gasteiger charge is -2.14. The molecular weight excluding hydrogens is 368 g/mol. The van der Waals surface area contributed by atoms with Crippen molar-refractivity contribution in [2.45, 2.75) is 45.8 Å². The van der Waals surface area contributed by atoms with Crippen LogP contribution in [0.5, 0.6) is 5.75 Å². The van der Waals surface area contributed by atoms with Crippen LogP contribution in [0.25, 0.3) is 0 Å². The highest BCUT2D eigenvalue weighted by Crippen LogP contribution is 2.28. The minimum absolute atomic E-state index is 0.154. The molecule has 0 saturated heterocycles. The summed E-state index contributed by atoms with van der Waals surface area (Å²) in [7, 11) is 1.91. The molecule has 1 saturated carbocycles. The second-order valence-corrected chi connectivity index (χ2v) is 7.64. The molecule has 1 aliphatic carbocycles. The Labute approximate surface area is 172 Å². The van der Waals surface area contributed by atoms with E-state index in [1.54, 1.807) is 6.33 Å². The number of hydrogen-bond donors (Lipinski definition) is 2. The molecule has 2 N–H and O–H groups in total. The number of aromatic nitrogens is 3. The summed E-state index contributed by atoms with van der Waals surface area (Å²) in [6.07, 6.45) is 5.40. The van der Waals surface area contributed by atoms with Crippen LogP contribution in [-0.4, -0.2) is 46.6 Å². The molecule has 8 nitrogen and oxygen atoms in total. The molecule has 0 amide bonds. The Balaban J connectivity index is 1.53. The van der Waals surface area contributed by atoms with Crippen LogP contribution in [0, 0.1) is 5.92 Å². The Morgan fingerprint density at radius 3 is 2.72 bits per heavy atom. The van der Waals surface area contributed by atoms with Crippen LogP contribution in [0.2, 0.25) is 0 Å². The Morgan fingerprint density at radius 1 is 1.28 bits per heavy atom. The van der Waals surface area contributed by atoms with E-state index in [0.29, 0.717) is 12.5 Å². The fourth-order valence-electron chi connectivity index (χ4n) is 2.68. The van der Waals surface area contributed by atoms with Crippen molar-refractivity contribution in [2.75, 3.05) is 25.1 Å². The van der Waals surface area contributed by atoms with Crippen molar-refractivity contribution >= 4 is 11.6 Å². The van der Waals surface area contributed by atoms with Crippen molar-refractivity contribution < 1.29 is 9.47 Å². The van der Waals surface area contributed by atoms with E-state index in [1.807, 2.05) is 49.7 Å². The van der Waals surface area contributed by atoms with Gasteiger partial charge in [-0.3, -0.25) is 0 Å². The minimum Gasteiger partial charge on any atom is -0.491 e. The summed E-state index contributed by atoms with van der Waals surface area (Å²) >= 11 is 0. The number of ether oxygens (including phenoxy) is 2. The van der Waals surface area contributed by atoms with Crippen LogP contribution in [0.3, 0.4) is 0 Å². The van der Waals surface area contributed by atoms with Gasteiger partial charge in [0.1, 0.15) is 18.6 Å². The molecule has 0 spiro atoms. The molecule has 158 valence electrons. The molecule has 1 heterocycles. The van der Waals surface area contributed by atoms with Crippen molar-refractivity contribution in [3.8, 4) is 5.75 Å². The number of nitrogens with one attached hydrogen (secondary N) is 2. The van der Waals surface area contributed by atoms with Gasteiger partial charge < -0.3 is 24.7 Å². The van der Waals surface area contributed by atoms with Gasteiger partial charge >= 0.3 is 0 Å². The third-order valence-electron chi connectivity index (χ3n) is 4.48. The summed E-state index contributed by atoms with van der Waals surface area (Å²) < 4.78 is 13.3. The highest BCUT2D eigenvalue weighted by molar-refractivity contribution is 5.93. The molecule has 1 aliphatic rings. The molecule has 1 aromatic carbocycles. The van der Waals surface area contributed by atoms with Crippen LogP contribution >= 0.6 is 0 Å². The number of rotatable bonds is 11. The maximum absolute atomic E-state index is 5.70. The van der Waals surface area contributed by atoms with E-state index < -0.39 is 0 Å². The average Bonchev–Trinajstić information content (AvgIpc) is 3.43. The molecule has 0 atom stereocenters. The number of anilines is 1. The van der Waals surface area contributed by atoms with Gasteiger partial charge in [-0.25, -0.2) is 4.99 Å². The van der Waals surface area contributed by atoms with Crippen molar-refractivity contribution in [3.05, 3.63) is 36.4 Å². The lowest BCUT2D eigenvalue weighted by atomic mass is 10.3. The largest absolute Gasteiger partial charge is 0.491 e. The molecule has 8 heteroatoms. The van der Waals surface area contributed by atoms with E-state index in [9.17, 15) is 0 Å². The number of aryl methyl sites for hydroxylation is 1. The van der Waals surface area contributed by atoms with Gasteiger partial charge in [0.2, 0.25) is 0 Å². The van der Waals surface area contributed by atoms with E-state index in [-0.39, 0.29) is 6.10 Å². The normalized spacial score (nSPS) is 14.3. The zero-order valence-electron chi connectivity index (χ0n) is 17.6. The number of nitrogens with zero attached hydrogens (tertiary/aromatic N) is 4. The molecule has 29 heavy (non-hydrogen) atoms. The van der Waals surface area contributed by atoms with Gasteiger partial charge in [-0.2, -0.15) is 0 Å². The van der Waals surface area contributed by atoms with Crippen LogP contribution < -0.4 is 15.4 Å². The van der Waals surface area contributed by atoms with Gasteiger partial charge in [0.05, 0.1) is 6.10 Å². The number of hydrogen-bond acceptors (Lipinski definition) is 5. The zero-order chi connectivity index (χ0) is 20.5. The van der Waals surface area contributed by atoms with Crippen molar-refractivity contribution in [2.24, 2.45) is 18.0 Å². The van der Waals surface area contributed by atoms with E-state index in [1.165, 1.54) is 12.8 Å². The smallest absolute Gasteiger partial charge is 0.196 e. The highest BCUT2D eigenvalue weighted by Gasteiger charge is 2.20. The lowest BCUT2D eigenvalue weighted by molar-refractivity contribution is 0.123. The molecule has 1 fully saturated rings. The first kappa shape index (κ1) is 21.1. The fraction of sp³-hybridized carbons (Fsp3) is 0.571. The highest BCUT2D eigenvalue weighted by atomic mass is 16.5. The van der Waals surface area contributed by atoms with Crippen LogP contribution in [0.1, 0.15) is 38.9 Å². The van der Waals surface area contributed by atoms with E-state index in [2.05, 4.69) is 25.8 Å². The van der Waals surface area contributed by atoms with Crippen molar-refractivity contribution in [3.63, 3.8) is 0 Å². The van der Waals surface area contributed by atoms with Gasteiger partial charge in [0, 0.05) is 32.5 Å². The number of aliphatic imine (C=N–C) groups is 1. The average molecular weight is 401 g/mol. The first-order chi connectivity index (χ1) is 14.1. The fourth-order valence-corrected chi connectivity index (χ4v) is 2.68. The first-order valence-electron chi connectivity index (χ1n) is 10.3. The monoisotopic (exact) mass is 400 g/mol. The Bertz CT molecular complexity index is 768. The molecule has 0 radical (unpaired) electrons. The quantitative estimate of drug-likeness (QED) is 0.343. The topological polar surface area (TPSA) is 85.6 Å². The Morgan fingerprint density at radius 2 is 2.07 bits per heavy atom. The standard InChI is InChI=1S/C21H32N6O2/c1-16(2)29-19-9-7-18(8-10-19)25-21(23-13-20-26-24-15-27(20)3)22-11-4-12-28-14-17-5-6-17/h7-10,15-17H,4-6,11-14H2,1-3H3,(H2,22,23,25). The second-order valence-electron chi connectivity index (χ2n) is 7.64. The van der Waals surface area contributed by atoms with E-state index >= 15 is 0 Å². The lowest BCUT2D eigenvalue weighted by Crippen LogP contribution is -2.32. The summed E-state index contributed by atoms with van der Waals surface area (Å²) in [6.45, 7) is 6.92. The molecule has 0 bridgehead atoms. The van der Waals surface area contributed by atoms with Gasteiger partial charge in [-0.15, -0.1) is 10.2 Å². The van der Waals surface area contributed by atoms with Gasteiger partial charge in [0.25, 0.3) is 0 Å². The maximum atomic E-state index is 5.70. The molecule has 0 aliphatic heterocycles. The predicted molar refractivity (Wildman–Crippen MR) is 114 cm³/mol. The number of guanidine groups is 1. The first-order valence-corrected chi connectivity index (χ1v) is 10.3. The SMILES string of the molecule is CC(C)Oc1ccc(NC(=NCc2nncn2C)NCCCOCC2CC2)cc1. The molecule has 2 aromatic rings. The Kier molecular flexibility index (Phi) is 7.86. The zero-order valence-corrected chi connectivity index (χ0v) is 17.6. The van der Waals surface area contributed by atoms with Gasteiger partial charge in [-0.05, 0) is 63.3 Å². The van der Waals surface area contributed by atoms with Crippen molar-refractivity contribution in [1.29, 1.82) is 0 Å². The van der Waals surface area contributed by atoms with E-state index in [0.717, 1.165) is 49.4 Å². The van der Waals surface area contributed by atoms with Crippen molar-refractivity contribution in [1.82, 2.24) is 20.1 Å². The Hall–Kier alpha value is -2.61. The molecule has 1 aromatic heterocycles. The summed E-state index contributed by atoms with van der Waals surface area (Å²) in [5.41, 5.74) is 0.940. The van der Waals surface area contributed by atoms with E-state index in [4.69, 9.17) is 9.47 Å². The summed E-state index contributed by atoms with van der Waals surface area (Å²) in [5, 5.41) is 14.7.